The number of halogens is 1. The molecule has 4 N–H and O–H groups in total. The number of anilines is 1. The molecule has 0 atom stereocenters. The van der Waals surface area contributed by atoms with Gasteiger partial charge in [-0.3, -0.25) is 0 Å². The summed E-state index contributed by atoms with van der Waals surface area (Å²) < 4.78 is 5.96. The third kappa shape index (κ3) is 1.92. The summed E-state index contributed by atoms with van der Waals surface area (Å²) >= 11 is 6.43. The van der Waals surface area contributed by atoms with Gasteiger partial charge in [-0.15, -0.1) is 0 Å². The van der Waals surface area contributed by atoms with Gasteiger partial charge in [-0.1, -0.05) is 30.9 Å². The number of hydrogen-bond donors (Lipinski definition) is 3. The Balaban J connectivity index is 2.03. The van der Waals surface area contributed by atoms with Gasteiger partial charge < -0.3 is 20.8 Å². The first-order valence-corrected chi connectivity index (χ1v) is 8.05. The minimum atomic E-state index is -0.386. The Morgan fingerprint density at radius 3 is 2.77 bits per heavy atom. The van der Waals surface area contributed by atoms with Crippen LogP contribution in [0.5, 0.6) is 0 Å². The van der Waals surface area contributed by atoms with Gasteiger partial charge in [0.1, 0.15) is 11.3 Å². The molecule has 0 radical (unpaired) electrons. The van der Waals surface area contributed by atoms with E-state index in [1.54, 1.807) is 0 Å². The quantitative estimate of drug-likeness (QED) is 0.747. The van der Waals surface area contributed by atoms with Crippen LogP contribution in [0.25, 0.3) is 11.0 Å². The fourth-order valence-electron chi connectivity index (χ4n) is 3.84. The number of hydrogen-bond acceptors (Lipinski definition) is 3. The summed E-state index contributed by atoms with van der Waals surface area (Å²) in [6.07, 6.45) is 5.16. The first-order chi connectivity index (χ1) is 10.6. The fourth-order valence-corrected chi connectivity index (χ4v) is 4.10. The molecule has 5 nitrogen and oxygen atoms in total. The molecule has 2 heterocycles. The zero-order valence-electron chi connectivity index (χ0n) is 12.2. The maximum Gasteiger partial charge on any atom is 0.319 e. The van der Waals surface area contributed by atoms with Gasteiger partial charge in [-0.2, -0.15) is 0 Å². The highest BCUT2D eigenvalue weighted by atomic mass is 35.5. The molecule has 2 aliphatic rings. The van der Waals surface area contributed by atoms with Gasteiger partial charge in [-0.05, 0) is 25.0 Å². The molecule has 1 aliphatic heterocycles. The van der Waals surface area contributed by atoms with Crippen molar-refractivity contribution in [3.8, 4) is 0 Å². The minimum absolute atomic E-state index is 0.193. The van der Waals surface area contributed by atoms with Gasteiger partial charge in [0.15, 0.2) is 0 Å². The zero-order chi connectivity index (χ0) is 15.3. The van der Waals surface area contributed by atoms with Gasteiger partial charge >= 0.3 is 6.03 Å². The van der Waals surface area contributed by atoms with E-state index >= 15 is 0 Å². The Morgan fingerprint density at radius 1 is 1.27 bits per heavy atom. The summed E-state index contributed by atoms with van der Waals surface area (Å²) in [5.74, 6) is 0.724. The average molecular weight is 320 g/mol. The predicted molar refractivity (Wildman–Crippen MR) is 86.0 cm³/mol. The van der Waals surface area contributed by atoms with Crippen molar-refractivity contribution in [3.63, 3.8) is 0 Å². The van der Waals surface area contributed by atoms with E-state index in [0.29, 0.717) is 17.3 Å². The Bertz CT molecular complexity index is 762. The van der Waals surface area contributed by atoms with Crippen LogP contribution >= 0.6 is 11.6 Å². The van der Waals surface area contributed by atoms with Crippen molar-refractivity contribution in [2.75, 3.05) is 5.32 Å². The van der Waals surface area contributed by atoms with E-state index in [4.69, 9.17) is 21.8 Å². The molecule has 6 heteroatoms. The second-order valence-corrected chi connectivity index (χ2v) is 6.57. The van der Waals surface area contributed by atoms with Crippen molar-refractivity contribution in [1.82, 2.24) is 5.32 Å². The zero-order valence-corrected chi connectivity index (χ0v) is 12.9. The Hall–Kier alpha value is -1.72. The molecular formula is C16H18ClN3O2. The molecule has 2 amide bonds. The van der Waals surface area contributed by atoms with Crippen LogP contribution < -0.4 is 16.4 Å². The number of benzene rings is 1. The maximum absolute atomic E-state index is 12.1. The molecule has 1 saturated carbocycles. The minimum Gasteiger partial charge on any atom is -0.459 e. The summed E-state index contributed by atoms with van der Waals surface area (Å²) in [4.78, 5) is 12.1. The highest BCUT2D eigenvalue weighted by Gasteiger charge is 2.43. The Labute approximate surface area is 133 Å². The molecule has 0 saturated heterocycles. The molecule has 0 unspecified atom stereocenters. The van der Waals surface area contributed by atoms with Gasteiger partial charge in [-0.25, -0.2) is 4.79 Å². The van der Waals surface area contributed by atoms with Gasteiger partial charge in [0.05, 0.1) is 22.8 Å². The van der Waals surface area contributed by atoms with E-state index in [1.165, 1.54) is 6.42 Å². The number of carbonyl (C=O) groups excluding carboxylic acids is 1. The van der Waals surface area contributed by atoms with Gasteiger partial charge in [0, 0.05) is 10.9 Å². The molecule has 1 aliphatic carbocycles. The van der Waals surface area contributed by atoms with E-state index < -0.39 is 0 Å². The number of carbonyl (C=O) groups is 1. The number of rotatable bonds is 1. The van der Waals surface area contributed by atoms with Crippen LogP contribution in [0.15, 0.2) is 16.5 Å². The maximum atomic E-state index is 12.1. The highest BCUT2D eigenvalue weighted by Crippen LogP contribution is 2.48. The molecule has 1 aromatic carbocycles. The summed E-state index contributed by atoms with van der Waals surface area (Å²) in [7, 11) is 0. The van der Waals surface area contributed by atoms with E-state index in [1.807, 2.05) is 12.1 Å². The number of fused-ring (bicyclic) bond motifs is 4. The van der Waals surface area contributed by atoms with Crippen LogP contribution in [0.4, 0.5) is 10.5 Å². The molecule has 1 aromatic heterocycles. The fraction of sp³-hybridized carbons (Fsp3) is 0.438. The van der Waals surface area contributed by atoms with Gasteiger partial charge in [0.2, 0.25) is 0 Å². The van der Waals surface area contributed by atoms with E-state index in [0.717, 1.165) is 48.0 Å². The predicted octanol–water partition coefficient (Wildman–Crippen LogP) is 3.84. The molecule has 2 aromatic rings. The standard InChI is InChI=1S/C16H18ClN3O2/c17-11-7-9-6-10(8-18)22-14(9)12-13(11)19-15(21)20-16(12)4-2-1-3-5-16/h6-7H,1-5,8,18H2,(H2,19,20,21). The SMILES string of the molecule is NCc1cc2cc(Cl)c3c(c2o1)C1(CCCCC1)NC(=O)N3. The van der Waals surface area contributed by atoms with Crippen LogP contribution in [0.2, 0.25) is 5.02 Å². The van der Waals surface area contributed by atoms with Gasteiger partial charge in [0.25, 0.3) is 0 Å². The van der Waals surface area contributed by atoms with Crippen LogP contribution in [-0.2, 0) is 12.1 Å². The number of urea groups is 1. The second-order valence-electron chi connectivity index (χ2n) is 6.17. The number of nitrogens with two attached hydrogens (primary N) is 1. The van der Waals surface area contributed by atoms with Crippen molar-refractivity contribution in [1.29, 1.82) is 0 Å². The molecule has 1 spiro atoms. The first-order valence-electron chi connectivity index (χ1n) is 7.67. The topological polar surface area (TPSA) is 80.3 Å². The van der Waals surface area contributed by atoms with Crippen molar-refractivity contribution < 1.29 is 9.21 Å². The molecule has 4 rings (SSSR count). The first kappa shape index (κ1) is 13.9. The third-order valence-electron chi connectivity index (χ3n) is 4.79. The normalized spacial score (nSPS) is 19.8. The van der Waals surface area contributed by atoms with E-state index in [2.05, 4.69) is 10.6 Å². The summed E-state index contributed by atoms with van der Waals surface area (Å²) in [6.45, 7) is 0.341. The Kier molecular flexibility index (Phi) is 3.09. The third-order valence-corrected chi connectivity index (χ3v) is 5.09. The lowest BCUT2D eigenvalue weighted by Gasteiger charge is -2.42. The van der Waals surface area contributed by atoms with E-state index in [-0.39, 0.29) is 11.6 Å². The van der Waals surface area contributed by atoms with Crippen LogP contribution in [-0.4, -0.2) is 6.03 Å². The van der Waals surface area contributed by atoms with Crippen molar-refractivity contribution >= 4 is 34.3 Å². The van der Waals surface area contributed by atoms with Crippen LogP contribution in [0, 0.1) is 0 Å². The summed E-state index contributed by atoms with van der Waals surface area (Å²) in [5.41, 5.74) is 7.77. The monoisotopic (exact) mass is 319 g/mol. The van der Waals surface area contributed by atoms with Crippen molar-refractivity contribution in [2.24, 2.45) is 5.73 Å². The molecule has 116 valence electrons. The smallest absolute Gasteiger partial charge is 0.319 e. The second kappa shape index (κ2) is 4.89. The lowest BCUT2D eigenvalue weighted by molar-refractivity contribution is 0.209. The van der Waals surface area contributed by atoms with Crippen LogP contribution in [0.3, 0.4) is 0 Å². The number of amides is 2. The average Bonchev–Trinajstić information content (AvgIpc) is 2.90. The number of furan rings is 1. The van der Waals surface area contributed by atoms with Crippen molar-refractivity contribution in [3.05, 3.63) is 28.5 Å². The summed E-state index contributed by atoms with van der Waals surface area (Å²) in [5, 5.41) is 7.47. The molecule has 0 bridgehead atoms. The molecular weight excluding hydrogens is 302 g/mol. The largest absolute Gasteiger partial charge is 0.459 e. The van der Waals surface area contributed by atoms with Crippen LogP contribution in [0.1, 0.15) is 43.4 Å². The van der Waals surface area contributed by atoms with Crippen molar-refractivity contribution in [2.45, 2.75) is 44.2 Å². The molecule has 1 fully saturated rings. The highest BCUT2D eigenvalue weighted by molar-refractivity contribution is 6.35. The lowest BCUT2D eigenvalue weighted by Crippen LogP contribution is -2.52. The molecule has 22 heavy (non-hydrogen) atoms. The Morgan fingerprint density at radius 2 is 2.05 bits per heavy atom. The summed E-state index contributed by atoms with van der Waals surface area (Å²) in [6, 6.07) is 3.57. The number of nitrogens with one attached hydrogen (secondary N) is 2. The van der Waals surface area contributed by atoms with E-state index in [9.17, 15) is 4.79 Å². The lowest BCUT2D eigenvalue weighted by atomic mass is 9.74.